The van der Waals surface area contributed by atoms with Crippen molar-refractivity contribution < 1.29 is 0 Å². The summed E-state index contributed by atoms with van der Waals surface area (Å²) in [4.78, 5) is 2.58. The van der Waals surface area contributed by atoms with E-state index in [1.54, 1.807) is 0 Å². The summed E-state index contributed by atoms with van der Waals surface area (Å²) >= 11 is 0. The Morgan fingerprint density at radius 1 is 1.10 bits per heavy atom. The molecule has 0 bridgehead atoms. The molecule has 1 unspecified atom stereocenters. The first kappa shape index (κ1) is 15.5. The van der Waals surface area contributed by atoms with Crippen LogP contribution in [0.1, 0.15) is 63.1 Å². The highest BCUT2D eigenvalue weighted by atomic mass is 15.2. The van der Waals surface area contributed by atoms with E-state index in [0.29, 0.717) is 12.0 Å². The van der Waals surface area contributed by atoms with Crippen LogP contribution in [0, 0.1) is 5.92 Å². The van der Waals surface area contributed by atoms with Gasteiger partial charge in [0.1, 0.15) is 0 Å². The summed E-state index contributed by atoms with van der Waals surface area (Å²) in [6, 6.07) is 9.48. The van der Waals surface area contributed by atoms with Gasteiger partial charge in [-0.3, -0.25) is 4.90 Å². The topological polar surface area (TPSA) is 29.3 Å². The van der Waals surface area contributed by atoms with Gasteiger partial charge in [-0.25, -0.2) is 0 Å². The number of hydrogen-bond donors (Lipinski definition) is 1. The van der Waals surface area contributed by atoms with E-state index in [1.165, 1.54) is 43.5 Å². The van der Waals surface area contributed by atoms with Gasteiger partial charge in [-0.05, 0) is 48.9 Å². The monoisotopic (exact) mass is 274 g/mol. The average Bonchev–Trinajstić information content (AvgIpc) is 2.49. The highest BCUT2D eigenvalue weighted by Crippen LogP contribution is 2.28. The molecule has 1 aliphatic heterocycles. The molecule has 2 nitrogen and oxygen atoms in total. The summed E-state index contributed by atoms with van der Waals surface area (Å²) in [5.41, 5.74) is 8.85. The average molecular weight is 274 g/mol. The van der Waals surface area contributed by atoms with Crippen molar-refractivity contribution in [3.8, 4) is 0 Å². The Morgan fingerprint density at radius 3 is 2.10 bits per heavy atom. The van der Waals surface area contributed by atoms with Crippen molar-refractivity contribution in [3.05, 3.63) is 35.4 Å². The van der Waals surface area contributed by atoms with Crippen molar-refractivity contribution in [3.63, 3.8) is 0 Å². The Balaban J connectivity index is 2.04. The number of benzene rings is 1. The molecule has 0 spiro atoms. The van der Waals surface area contributed by atoms with E-state index < -0.39 is 0 Å². The molecule has 1 heterocycles. The minimum atomic E-state index is 0.397. The van der Waals surface area contributed by atoms with E-state index in [9.17, 15) is 0 Å². The van der Waals surface area contributed by atoms with Crippen molar-refractivity contribution in [1.29, 1.82) is 0 Å². The predicted octanol–water partition coefficient (Wildman–Crippen LogP) is 3.93. The molecule has 1 aliphatic rings. The van der Waals surface area contributed by atoms with Crippen LogP contribution < -0.4 is 5.73 Å². The molecule has 20 heavy (non-hydrogen) atoms. The van der Waals surface area contributed by atoms with Crippen molar-refractivity contribution in [2.45, 2.75) is 52.0 Å². The van der Waals surface area contributed by atoms with Crippen LogP contribution in [-0.2, 0) is 0 Å². The number of hydrogen-bond acceptors (Lipinski definition) is 2. The molecule has 1 aromatic rings. The molecule has 2 N–H and O–H groups in total. The van der Waals surface area contributed by atoms with E-state index >= 15 is 0 Å². The quantitative estimate of drug-likeness (QED) is 0.881. The molecule has 1 saturated heterocycles. The van der Waals surface area contributed by atoms with Crippen LogP contribution in [0.15, 0.2) is 24.3 Å². The maximum atomic E-state index is 6.06. The Labute approximate surface area is 124 Å². The fourth-order valence-corrected chi connectivity index (χ4v) is 3.27. The van der Waals surface area contributed by atoms with Gasteiger partial charge in [0.2, 0.25) is 0 Å². The Kier molecular flexibility index (Phi) is 5.62. The summed E-state index contributed by atoms with van der Waals surface area (Å²) in [6.07, 6.45) is 3.98. The number of rotatable bonds is 5. The molecule has 0 saturated carbocycles. The van der Waals surface area contributed by atoms with E-state index in [2.05, 4.69) is 49.9 Å². The number of nitrogens with zero attached hydrogens (tertiary/aromatic N) is 1. The highest BCUT2D eigenvalue weighted by Gasteiger charge is 2.24. The molecule has 0 amide bonds. The Morgan fingerprint density at radius 2 is 1.65 bits per heavy atom. The van der Waals surface area contributed by atoms with Gasteiger partial charge >= 0.3 is 0 Å². The van der Waals surface area contributed by atoms with Gasteiger partial charge in [-0.15, -0.1) is 0 Å². The lowest BCUT2D eigenvalue weighted by Gasteiger charge is -2.37. The van der Waals surface area contributed by atoms with Crippen LogP contribution in [0.25, 0.3) is 0 Å². The maximum absolute atomic E-state index is 6.06. The van der Waals surface area contributed by atoms with Crippen LogP contribution >= 0.6 is 0 Å². The molecule has 1 atom stereocenters. The maximum Gasteiger partial charge on any atom is 0.0470 e. The SMILES string of the molecule is CCC1CCN(C(CN)c2ccc(C(C)C)cc2)CC1. The van der Waals surface area contributed by atoms with Crippen LogP contribution in [0.2, 0.25) is 0 Å². The molecular formula is C18H30N2. The third kappa shape index (κ3) is 3.62. The molecule has 1 aromatic carbocycles. The minimum Gasteiger partial charge on any atom is -0.329 e. The van der Waals surface area contributed by atoms with Gasteiger partial charge < -0.3 is 5.73 Å². The molecule has 2 heteroatoms. The summed E-state index contributed by atoms with van der Waals surface area (Å²) < 4.78 is 0. The van der Waals surface area contributed by atoms with Crippen molar-refractivity contribution >= 4 is 0 Å². The zero-order chi connectivity index (χ0) is 14.5. The molecule has 112 valence electrons. The fourth-order valence-electron chi connectivity index (χ4n) is 3.27. The van der Waals surface area contributed by atoms with Gasteiger partial charge in [0.05, 0.1) is 0 Å². The smallest absolute Gasteiger partial charge is 0.0470 e. The van der Waals surface area contributed by atoms with Gasteiger partial charge in [-0.1, -0.05) is 51.5 Å². The molecule has 2 rings (SSSR count). The van der Waals surface area contributed by atoms with Gasteiger partial charge in [0.25, 0.3) is 0 Å². The van der Waals surface area contributed by atoms with Gasteiger partial charge in [-0.2, -0.15) is 0 Å². The fraction of sp³-hybridized carbons (Fsp3) is 0.667. The van der Waals surface area contributed by atoms with Crippen LogP contribution in [0.5, 0.6) is 0 Å². The third-order valence-corrected chi connectivity index (χ3v) is 4.88. The first-order valence-electron chi connectivity index (χ1n) is 8.19. The van der Waals surface area contributed by atoms with E-state index in [4.69, 9.17) is 5.73 Å². The van der Waals surface area contributed by atoms with Crippen LogP contribution in [0.3, 0.4) is 0 Å². The first-order valence-corrected chi connectivity index (χ1v) is 8.19. The molecule has 0 radical (unpaired) electrons. The summed E-state index contributed by atoms with van der Waals surface area (Å²) in [6.45, 7) is 9.91. The second-order valence-electron chi connectivity index (χ2n) is 6.46. The lowest BCUT2D eigenvalue weighted by atomic mass is 9.92. The van der Waals surface area contributed by atoms with E-state index in [1.807, 2.05) is 0 Å². The zero-order valence-corrected chi connectivity index (χ0v) is 13.3. The summed E-state index contributed by atoms with van der Waals surface area (Å²) in [7, 11) is 0. The molecular weight excluding hydrogens is 244 g/mol. The third-order valence-electron chi connectivity index (χ3n) is 4.88. The van der Waals surface area contributed by atoms with Crippen molar-refractivity contribution in [2.75, 3.05) is 19.6 Å². The zero-order valence-electron chi connectivity index (χ0n) is 13.3. The number of likely N-dealkylation sites (tertiary alicyclic amines) is 1. The van der Waals surface area contributed by atoms with Crippen LogP contribution in [0.4, 0.5) is 0 Å². The van der Waals surface area contributed by atoms with E-state index in [0.717, 1.165) is 12.5 Å². The van der Waals surface area contributed by atoms with Crippen LogP contribution in [-0.4, -0.2) is 24.5 Å². The number of piperidine rings is 1. The summed E-state index contributed by atoms with van der Waals surface area (Å²) in [5.74, 6) is 1.52. The largest absolute Gasteiger partial charge is 0.329 e. The highest BCUT2D eigenvalue weighted by molar-refractivity contribution is 5.27. The first-order chi connectivity index (χ1) is 9.65. The predicted molar refractivity (Wildman–Crippen MR) is 86.9 cm³/mol. The molecule has 0 aliphatic carbocycles. The molecule has 1 fully saturated rings. The second-order valence-corrected chi connectivity index (χ2v) is 6.46. The summed E-state index contributed by atoms with van der Waals surface area (Å²) in [5, 5.41) is 0. The number of nitrogens with two attached hydrogens (primary N) is 1. The molecule has 0 aromatic heterocycles. The minimum absolute atomic E-state index is 0.397. The standard InChI is InChI=1S/C18H30N2/c1-4-15-9-11-20(12-10-15)18(13-19)17-7-5-16(6-8-17)14(2)3/h5-8,14-15,18H,4,9-13,19H2,1-3H3. The lowest BCUT2D eigenvalue weighted by Crippen LogP contribution is -2.39. The van der Waals surface area contributed by atoms with Crippen molar-refractivity contribution in [2.24, 2.45) is 11.7 Å². The van der Waals surface area contributed by atoms with Gasteiger partial charge in [0, 0.05) is 12.6 Å². The Bertz CT molecular complexity index is 388. The second kappa shape index (κ2) is 7.24. The lowest BCUT2D eigenvalue weighted by molar-refractivity contribution is 0.134. The normalized spacial score (nSPS) is 19.4. The van der Waals surface area contributed by atoms with Crippen molar-refractivity contribution in [1.82, 2.24) is 4.90 Å². The Hall–Kier alpha value is -0.860. The van der Waals surface area contributed by atoms with E-state index in [-0.39, 0.29) is 0 Å². The van der Waals surface area contributed by atoms with Gasteiger partial charge in [0.15, 0.2) is 0 Å².